The van der Waals surface area contributed by atoms with Crippen molar-refractivity contribution < 1.29 is 4.79 Å². The van der Waals surface area contributed by atoms with E-state index >= 15 is 0 Å². The van der Waals surface area contributed by atoms with Gasteiger partial charge >= 0.3 is 0 Å². The third-order valence-electron chi connectivity index (χ3n) is 1.93. The number of nitrogens with one attached hydrogen (secondary N) is 1. The van der Waals surface area contributed by atoms with Gasteiger partial charge in [-0.1, -0.05) is 41.5 Å². The van der Waals surface area contributed by atoms with Gasteiger partial charge in [-0.25, -0.2) is 0 Å². The molecule has 0 aromatic rings. The molecule has 1 unspecified atom stereocenters. The highest BCUT2D eigenvalue weighted by Gasteiger charge is 2.19. The fourth-order valence-corrected chi connectivity index (χ4v) is 1.93. The molecule has 0 aromatic carbocycles. The van der Waals surface area contributed by atoms with Crippen molar-refractivity contribution >= 4 is 17.7 Å². The van der Waals surface area contributed by atoms with Gasteiger partial charge in [0.25, 0.3) is 0 Å². The molecule has 0 fully saturated rings. The smallest absolute Gasteiger partial charge is 0.232 e. The quantitative estimate of drug-likeness (QED) is 0.823. The molecule has 96 valence electrons. The summed E-state index contributed by atoms with van der Waals surface area (Å²) in [6, 6.07) is 0. The van der Waals surface area contributed by atoms with Gasteiger partial charge in [0, 0.05) is 6.54 Å². The molecule has 1 N–H and O–H groups in total. The molecule has 0 spiro atoms. The van der Waals surface area contributed by atoms with Crippen LogP contribution in [0.5, 0.6) is 0 Å². The number of hydrogen-bond acceptors (Lipinski definition) is 2. The van der Waals surface area contributed by atoms with Crippen LogP contribution >= 0.6 is 11.8 Å². The Labute approximate surface area is 105 Å². The van der Waals surface area contributed by atoms with Gasteiger partial charge < -0.3 is 5.32 Å². The maximum Gasteiger partial charge on any atom is 0.232 e. The van der Waals surface area contributed by atoms with Crippen molar-refractivity contribution in [2.45, 2.75) is 53.7 Å². The van der Waals surface area contributed by atoms with Crippen molar-refractivity contribution in [3.05, 3.63) is 0 Å². The molecule has 0 aliphatic heterocycles. The van der Waals surface area contributed by atoms with Crippen LogP contribution in [0.3, 0.4) is 0 Å². The summed E-state index contributed by atoms with van der Waals surface area (Å²) in [5.74, 6) is 1.17. The van der Waals surface area contributed by atoms with Gasteiger partial charge in [0.05, 0.1) is 5.25 Å². The van der Waals surface area contributed by atoms with Crippen LogP contribution in [0.25, 0.3) is 0 Å². The van der Waals surface area contributed by atoms with Crippen molar-refractivity contribution in [3.63, 3.8) is 0 Å². The summed E-state index contributed by atoms with van der Waals surface area (Å²) < 4.78 is 0. The van der Waals surface area contributed by atoms with E-state index in [-0.39, 0.29) is 22.0 Å². The fraction of sp³-hybridized carbons (Fsp3) is 0.923. The van der Waals surface area contributed by atoms with E-state index in [0.29, 0.717) is 0 Å². The van der Waals surface area contributed by atoms with Crippen molar-refractivity contribution in [3.8, 4) is 0 Å². The molecule has 0 aromatic heterocycles. The number of carbonyl (C=O) groups excluding carboxylic acids is 1. The topological polar surface area (TPSA) is 29.1 Å². The predicted octanol–water partition coefficient (Wildman–Crippen LogP) is 3.32. The monoisotopic (exact) mass is 245 g/mol. The Bertz CT molecular complexity index is 225. The second-order valence-corrected chi connectivity index (χ2v) is 8.12. The first-order valence-corrected chi connectivity index (χ1v) is 6.95. The second kappa shape index (κ2) is 5.95. The number of rotatable bonds is 4. The van der Waals surface area contributed by atoms with E-state index in [1.165, 1.54) is 0 Å². The van der Waals surface area contributed by atoms with Gasteiger partial charge in [-0.15, -0.1) is 11.8 Å². The van der Waals surface area contributed by atoms with E-state index in [2.05, 4.69) is 46.9 Å². The van der Waals surface area contributed by atoms with Crippen molar-refractivity contribution in [2.75, 3.05) is 12.3 Å². The summed E-state index contributed by atoms with van der Waals surface area (Å²) in [6.07, 6.45) is 0. The maximum atomic E-state index is 11.8. The average Bonchev–Trinajstić information content (AvgIpc) is 2.07. The SMILES string of the molecule is CC(SCC(C)(C)C)C(=O)NCC(C)(C)C. The molecule has 3 heteroatoms. The third kappa shape index (κ3) is 9.08. The zero-order valence-corrected chi connectivity index (χ0v) is 12.6. The largest absolute Gasteiger partial charge is 0.355 e. The Balaban J connectivity index is 3.92. The van der Waals surface area contributed by atoms with E-state index in [9.17, 15) is 4.79 Å². The molecule has 0 radical (unpaired) electrons. The highest BCUT2D eigenvalue weighted by Crippen LogP contribution is 2.23. The maximum absolute atomic E-state index is 11.8. The van der Waals surface area contributed by atoms with Crippen LogP contribution in [0.1, 0.15) is 48.5 Å². The molecule has 2 nitrogen and oxygen atoms in total. The van der Waals surface area contributed by atoms with E-state index in [4.69, 9.17) is 0 Å². The summed E-state index contributed by atoms with van der Waals surface area (Å²) in [4.78, 5) is 11.8. The lowest BCUT2D eigenvalue weighted by molar-refractivity contribution is -0.120. The first-order valence-electron chi connectivity index (χ1n) is 5.91. The van der Waals surface area contributed by atoms with Crippen LogP contribution in [-0.4, -0.2) is 23.5 Å². The van der Waals surface area contributed by atoms with Gasteiger partial charge in [-0.2, -0.15) is 0 Å². The van der Waals surface area contributed by atoms with E-state index in [1.54, 1.807) is 11.8 Å². The number of carbonyl (C=O) groups is 1. The lowest BCUT2D eigenvalue weighted by Crippen LogP contribution is -2.37. The van der Waals surface area contributed by atoms with E-state index < -0.39 is 0 Å². The summed E-state index contributed by atoms with van der Waals surface area (Å²) >= 11 is 1.73. The molecular weight excluding hydrogens is 218 g/mol. The predicted molar refractivity (Wildman–Crippen MR) is 73.8 cm³/mol. The highest BCUT2D eigenvalue weighted by atomic mass is 32.2. The number of thioether (sulfide) groups is 1. The van der Waals surface area contributed by atoms with Crippen molar-refractivity contribution in [1.29, 1.82) is 0 Å². The van der Waals surface area contributed by atoms with E-state index in [0.717, 1.165) is 12.3 Å². The average molecular weight is 245 g/mol. The van der Waals surface area contributed by atoms with Crippen molar-refractivity contribution in [1.82, 2.24) is 5.32 Å². The fourth-order valence-electron chi connectivity index (χ4n) is 0.947. The van der Waals surface area contributed by atoms with Crippen LogP contribution in [0.4, 0.5) is 0 Å². The molecule has 0 aliphatic rings. The molecule has 1 amide bonds. The second-order valence-electron chi connectivity index (χ2n) is 6.79. The Kier molecular flexibility index (Phi) is 5.88. The standard InChI is InChI=1S/C13H27NOS/c1-10(16-9-13(5,6)7)11(15)14-8-12(2,3)4/h10H,8-9H2,1-7H3,(H,14,15). The van der Waals surface area contributed by atoms with Crippen LogP contribution in [0.15, 0.2) is 0 Å². The molecule has 16 heavy (non-hydrogen) atoms. The van der Waals surface area contributed by atoms with Crippen molar-refractivity contribution in [2.24, 2.45) is 10.8 Å². The van der Waals surface area contributed by atoms with Crippen LogP contribution in [0, 0.1) is 10.8 Å². The summed E-state index contributed by atoms with van der Waals surface area (Å²) in [7, 11) is 0. The van der Waals surface area contributed by atoms with Gasteiger partial charge in [0.2, 0.25) is 5.91 Å². The molecule has 0 bridgehead atoms. The third-order valence-corrected chi connectivity index (χ3v) is 3.68. The zero-order valence-electron chi connectivity index (χ0n) is 11.8. The Morgan fingerprint density at radius 3 is 2.00 bits per heavy atom. The zero-order chi connectivity index (χ0) is 13.0. The van der Waals surface area contributed by atoms with Crippen LogP contribution in [0.2, 0.25) is 0 Å². The molecular formula is C13H27NOS. The minimum absolute atomic E-state index is 0.0431. The molecule has 0 saturated carbocycles. The summed E-state index contributed by atoms with van der Waals surface area (Å²) in [5.41, 5.74) is 0.438. The molecule has 1 atom stereocenters. The number of hydrogen-bond donors (Lipinski definition) is 1. The van der Waals surface area contributed by atoms with Gasteiger partial charge in [-0.3, -0.25) is 4.79 Å². The minimum Gasteiger partial charge on any atom is -0.355 e. The van der Waals surface area contributed by atoms with Gasteiger partial charge in [0.1, 0.15) is 0 Å². The van der Waals surface area contributed by atoms with E-state index in [1.807, 2.05) is 6.92 Å². The summed E-state index contributed by atoms with van der Waals surface area (Å²) in [5, 5.41) is 3.04. The van der Waals surface area contributed by atoms with Gasteiger partial charge in [0.15, 0.2) is 0 Å². The molecule has 0 rings (SSSR count). The highest BCUT2D eigenvalue weighted by molar-refractivity contribution is 8.00. The Hall–Kier alpha value is -0.180. The normalized spacial score (nSPS) is 14.7. The van der Waals surface area contributed by atoms with Gasteiger partial charge in [-0.05, 0) is 23.5 Å². The van der Waals surface area contributed by atoms with Crippen LogP contribution < -0.4 is 5.32 Å². The molecule has 0 aliphatic carbocycles. The molecule has 0 heterocycles. The Morgan fingerprint density at radius 1 is 1.12 bits per heavy atom. The summed E-state index contributed by atoms with van der Waals surface area (Å²) in [6.45, 7) is 15.7. The first-order chi connectivity index (χ1) is 7.01. The number of amides is 1. The minimum atomic E-state index is 0.0431. The Morgan fingerprint density at radius 2 is 1.62 bits per heavy atom. The first kappa shape index (κ1) is 15.8. The molecule has 0 saturated heterocycles. The van der Waals surface area contributed by atoms with Crippen LogP contribution in [-0.2, 0) is 4.79 Å². The lowest BCUT2D eigenvalue weighted by Gasteiger charge is -2.22. The lowest BCUT2D eigenvalue weighted by atomic mass is 9.97.